The number of rotatable bonds is 5. The molecule has 0 radical (unpaired) electrons. The molecule has 17 heavy (non-hydrogen) atoms. The zero-order chi connectivity index (χ0) is 12.1. The summed E-state index contributed by atoms with van der Waals surface area (Å²) in [5.41, 5.74) is 0.697. The molecule has 2 aromatic rings. The van der Waals surface area contributed by atoms with Crippen molar-refractivity contribution in [1.29, 1.82) is 0 Å². The summed E-state index contributed by atoms with van der Waals surface area (Å²) in [6.45, 7) is 1.39. The van der Waals surface area contributed by atoms with Crippen LogP contribution in [0.2, 0.25) is 0 Å². The van der Waals surface area contributed by atoms with Crippen molar-refractivity contribution in [2.75, 3.05) is 6.54 Å². The van der Waals surface area contributed by atoms with Crippen molar-refractivity contribution in [2.24, 2.45) is 0 Å². The first-order chi connectivity index (χ1) is 8.25. The highest BCUT2D eigenvalue weighted by molar-refractivity contribution is 9.11. The lowest BCUT2D eigenvalue weighted by Crippen LogP contribution is -2.24. The summed E-state index contributed by atoms with van der Waals surface area (Å²) in [6.07, 6.45) is 4.28. The van der Waals surface area contributed by atoms with Crippen molar-refractivity contribution in [3.63, 3.8) is 0 Å². The molecule has 7 heteroatoms. The molecule has 0 saturated heterocycles. The second kappa shape index (κ2) is 5.92. The average molecular weight is 315 g/mol. The van der Waals surface area contributed by atoms with E-state index in [1.807, 2.05) is 11.4 Å². The Morgan fingerprint density at radius 2 is 2.47 bits per heavy atom. The third-order valence-corrected chi connectivity index (χ3v) is 3.66. The molecule has 0 bridgehead atoms. The Hall–Kier alpha value is -1.21. The quantitative estimate of drug-likeness (QED) is 0.858. The number of carbonyl (C=O) groups excluding carboxylic acids is 1. The molecule has 90 valence electrons. The average Bonchev–Trinajstić information content (AvgIpc) is 2.95. The van der Waals surface area contributed by atoms with Crippen LogP contribution >= 0.6 is 27.3 Å². The first-order valence-electron chi connectivity index (χ1n) is 5.12. The molecule has 0 aliphatic heterocycles. The van der Waals surface area contributed by atoms with Gasteiger partial charge in [-0.3, -0.25) is 9.48 Å². The molecule has 0 saturated carbocycles. The smallest absolute Gasteiger partial charge is 0.252 e. The van der Waals surface area contributed by atoms with Gasteiger partial charge in [-0.25, -0.2) is 0 Å². The van der Waals surface area contributed by atoms with Crippen LogP contribution in [-0.2, 0) is 6.54 Å². The lowest BCUT2D eigenvalue weighted by molar-refractivity contribution is 0.0953. The van der Waals surface area contributed by atoms with Gasteiger partial charge in [-0.2, -0.15) is 0 Å². The summed E-state index contributed by atoms with van der Waals surface area (Å²) in [6, 6.07) is 1.82. The molecule has 1 amide bonds. The van der Waals surface area contributed by atoms with Crippen molar-refractivity contribution < 1.29 is 4.79 Å². The number of hydrogen-bond donors (Lipinski definition) is 1. The number of thiophene rings is 1. The number of aromatic nitrogens is 3. The van der Waals surface area contributed by atoms with Gasteiger partial charge in [-0.05, 0) is 28.4 Å². The van der Waals surface area contributed by atoms with Crippen LogP contribution in [-0.4, -0.2) is 27.4 Å². The molecule has 0 unspecified atom stereocenters. The van der Waals surface area contributed by atoms with Crippen LogP contribution in [0, 0.1) is 0 Å². The molecule has 5 nitrogen and oxygen atoms in total. The summed E-state index contributed by atoms with van der Waals surface area (Å²) in [5, 5.41) is 12.2. The molecular weight excluding hydrogens is 304 g/mol. The first kappa shape index (κ1) is 12.3. The van der Waals surface area contributed by atoms with E-state index >= 15 is 0 Å². The number of halogens is 1. The third kappa shape index (κ3) is 3.64. The fraction of sp³-hybridized carbons (Fsp3) is 0.300. The Bertz CT molecular complexity index is 482. The van der Waals surface area contributed by atoms with E-state index in [0.29, 0.717) is 12.1 Å². The summed E-state index contributed by atoms with van der Waals surface area (Å²) in [4.78, 5) is 11.7. The van der Waals surface area contributed by atoms with E-state index in [1.165, 1.54) is 11.3 Å². The van der Waals surface area contributed by atoms with E-state index in [4.69, 9.17) is 0 Å². The number of amides is 1. The number of hydrogen-bond acceptors (Lipinski definition) is 4. The molecule has 0 atom stereocenters. The Morgan fingerprint density at radius 3 is 3.12 bits per heavy atom. The number of carbonyl (C=O) groups is 1. The maximum absolute atomic E-state index is 11.7. The molecule has 0 aliphatic rings. The van der Waals surface area contributed by atoms with Crippen LogP contribution in [0.3, 0.4) is 0 Å². The van der Waals surface area contributed by atoms with Crippen LogP contribution in [0.4, 0.5) is 0 Å². The molecule has 0 spiro atoms. The standard InChI is InChI=1S/C10H11BrN4OS/c11-9-6-8(7-17-9)10(16)12-2-1-4-15-5-3-13-14-15/h3,5-7H,1-2,4H2,(H,12,16). The molecule has 2 aromatic heterocycles. The second-order valence-electron chi connectivity index (χ2n) is 3.42. The summed E-state index contributed by atoms with van der Waals surface area (Å²) in [5.74, 6) is -0.0365. The third-order valence-electron chi connectivity index (χ3n) is 2.15. The van der Waals surface area contributed by atoms with Crippen LogP contribution in [0.5, 0.6) is 0 Å². The van der Waals surface area contributed by atoms with Gasteiger partial charge >= 0.3 is 0 Å². The molecular formula is C10H11BrN4OS. The van der Waals surface area contributed by atoms with Gasteiger partial charge in [-0.1, -0.05) is 5.21 Å². The van der Waals surface area contributed by atoms with Gasteiger partial charge < -0.3 is 5.32 Å². The number of aryl methyl sites for hydroxylation is 1. The van der Waals surface area contributed by atoms with Crippen molar-refractivity contribution in [3.05, 3.63) is 33.2 Å². The Kier molecular flexibility index (Phi) is 4.27. The van der Waals surface area contributed by atoms with Gasteiger partial charge in [0.25, 0.3) is 5.91 Å². The second-order valence-corrected chi connectivity index (χ2v) is 5.71. The van der Waals surface area contributed by atoms with Crippen LogP contribution in [0.15, 0.2) is 27.6 Å². The summed E-state index contributed by atoms with van der Waals surface area (Å²) >= 11 is 4.83. The first-order valence-corrected chi connectivity index (χ1v) is 6.79. The molecule has 0 fully saturated rings. The minimum atomic E-state index is -0.0365. The Labute approximate surface area is 111 Å². The van der Waals surface area contributed by atoms with Crippen LogP contribution in [0.1, 0.15) is 16.8 Å². The summed E-state index contributed by atoms with van der Waals surface area (Å²) < 4.78 is 2.71. The van der Waals surface area contributed by atoms with Crippen LogP contribution in [0.25, 0.3) is 0 Å². The Morgan fingerprint density at radius 1 is 1.59 bits per heavy atom. The van der Waals surface area contributed by atoms with E-state index in [0.717, 1.165) is 16.8 Å². The molecule has 2 rings (SSSR count). The van der Waals surface area contributed by atoms with E-state index < -0.39 is 0 Å². The van der Waals surface area contributed by atoms with E-state index in [-0.39, 0.29) is 5.91 Å². The lowest BCUT2D eigenvalue weighted by Gasteiger charge is -2.03. The van der Waals surface area contributed by atoms with Gasteiger partial charge in [0.1, 0.15) is 0 Å². The fourth-order valence-electron chi connectivity index (χ4n) is 1.33. The predicted molar refractivity (Wildman–Crippen MR) is 69.0 cm³/mol. The van der Waals surface area contributed by atoms with Crippen LogP contribution < -0.4 is 5.32 Å². The zero-order valence-electron chi connectivity index (χ0n) is 8.97. The van der Waals surface area contributed by atoms with Gasteiger partial charge in [0.05, 0.1) is 15.5 Å². The molecule has 1 N–H and O–H groups in total. The van der Waals surface area contributed by atoms with Crippen molar-refractivity contribution in [2.45, 2.75) is 13.0 Å². The maximum atomic E-state index is 11.7. The lowest BCUT2D eigenvalue weighted by atomic mass is 10.3. The summed E-state index contributed by atoms with van der Waals surface area (Å²) in [7, 11) is 0. The Balaban J connectivity index is 1.70. The fourth-order valence-corrected chi connectivity index (χ4v) is 2.46. The van der Waals surface area contributed by atoms with Crippen molar-refractivity contribution in [1.82, 2.24) is 20.3 Å². The van der Waals surface area contributed by atoms with Crippen molar-refractivity contribution in [3.8, 4) is 0 Å². The normalized spacial score (nSPS) is 10.4. The van der Waals surface area contributed by atoms with Gasteiger partial charge in [0.15, 0.2) is 0 Å². The SMILES string of the molecule is O=C(NCCCn1ccnn1)c1csc(Br)c1. The highest BCUT2D eigenvalue weighted by Crippen LogP contribution is 2.20. The molecule has 0 aliphatic carbocycles. The number of nitrogens with one attached hydrogen (secondary N) is 1. The van der Waals surface area contributed by atoms with Gasteiger partial charge in [0.2, 0.25) is 0 Å². The van der Waals surface area contributed by atoms with E-state index in [1.54, 1.807) is 17.1 Å². The topological polar surface area (TPSA) is 59.8 Å². The monoisotopic (exact) mass is 314 g/mol. The largest absolute Gasteiger partial charge is 0.352 e. The van der Waals surface area contributed by atoms with E-state index in [2.05, 4.69) is 31.6 Å². The maximum Gasteiger partial charge on any atom is 0.252 e. The molecule has 0 aromatic carbocycles. The molecule has 2 heterocycles. The highest BCUT2D eigenvalue weighted by atomic mass is 79.9. The number of nitrogens with zero attached hydrogens (tertiary/aromatic N) is 3. The van der Waals surface area contributed by atoms with Crippen molar-refractivity contribution >= 4 is 33.2 Å². The zero-order valence-corrected chi connectivity index (χ0v) is 11.4. The van der Waals surface area contributed by atoms with Gasteiger partial charge in [0, 0.05) is 24.7 Å². The van der Waals surface area contributed by atoms with Gasteiger partial charge in [-0.15, -0.1) is 16.4 Å². The minimum Gasteiger partial charge on any atom is -0.352 e. The minimum absolute atomic E-state index is 0.0365. The predicted octanol–water partition coefficient (Wildman–Crippen LogP) is 1.92. The highest BCUT2D eigenvalue weighted by Gasteiger charge is 2.06. The van der Waals surface area contributed by atoms with E-state index in [9.17, 15) is 4.79 Å².